The molecule has 1 heterocycles. The average Bonchev–Trinajstić information content (AvgIpc) is 2.63. The fourth-order valence-corrected chi connectivity index (χ4v) is 2.66. The predicted octanol–water partition coefficient (Wildman–Crippen LogP) is 0.750. The van der Waals surface area contributed by atoms with Gasteiger partial charge in [0, 0.05) is 51.8 Å². The van der Waals surface area contributed by atoms with Gasteiger partial charge in [-0.2, -0.15) is 5.26 Å². The van der Waals surface area contributed by atoms with Gasteiger partial charge in [-0.25, -0.2) is 0 Å². The van der Waals surface area contributed by atoms with Gasteiger partial charge >= 0.3 is 0 Å². The van der Waals surface area contributed by atoms with Crippen LogP contribution in [0.1, 0.15) is 18.9 Å². The summed E-state index contributed by atoms with van der Waals surface area (Å²) in [4.78, 5) is 27.6. The van der Waals surface area contributed by atoms with E-state index < -0.39 is 0 Å². The molecule has 1 fully saturated rings. The normalized spacial score (nSPS) is 14.6. The minimum atomic E-state index is -0.133. The van der Waals surface area contributed by atoms with Crippen LogP contribution in [0, 0.1) is 11.3 Å². The number of nitrogens with one attached hydrogen (secondary N) is 1. The lowest BCUT2D eigenvalue weighted by Crippen LogP contribution is -2.42. The Hall–Kier alpha value is -2.43. The molecule has 1 aromatic carbocycles. The number of anilines is 1. The van der Waals surface area contributed by atoms with Crippen LogP contribution in [0.3, 0.4) is 0 Å². The van der Waals surface area contributed by atoms with Crippen LogP contribution in [-0.2, 0) is 14.3 Å². The van der Waals surface area contributed by atoms with E-state index >= 15 is 0 Å². The lowest BCUT2D eigenvalue weighted by Gasteiger charge is -2.26. The van der Waals surface area contributed by atoms with Crippen molar-refractivity contribution in [2.45, 2.75) is 13.3 Å². The Kier molecular flexibility index (Phi) is 7.38. The van der Waals surface area contributed by atoms with E-state index in [0.717, 1.165) is 32.8 Å². The van der Waals surface area contributed by atoms with Gasteiger partial charge in [-0.15, -0.1) is 0 Å². The number of benzene rings is 1. The van der Waals surface area contributed by atoms with E-state index in [4.69, 9.17) is 10.00 Å². The van der Waals surface area contributed by atoms with Crippen LogP contribution < -0.4 is 10.2 Å². The molecule has 0 radical (unpaired) electrons. The molecule has 2 amide bonds. The first-order valence-electron chi connectivity index (χ1n) is 8.45. The van der Waals surface area contributed by atoms with Crippen LogP contribution in [0.15, 0.2) is 24.3 Å². The van der Waals surface area contributed by atoms with Crippen molar-refractivity contribution >= 4 is 17.5 Å². The maximum absolute atomic E-state index is 12.0. The van der Waals surface area contributed by atoms with Gasteiger partial charge in [-0.3, -0.25) is 14.5 Å². The molecular formula is C18H24N4O3. The first-order chi connectivity index (χ1) is 12.1. The molecule has 7 heteroatoms. The molecule has 25 heavy (non-hydrogen) atoms. The number of carbonyl (C=O) groups is 2. The van der Waals surface area contributed by atoms with Crippen LogP contribution in [0.25, 0.3) is 0 Å². The first kappa shape index (κ1) is 18.9. The minimum absolute atomic E-state index is 0.0758. The van der Waals surface area contributed by atoms with Gasteiger partial charge in [0.2, 0.25) is 11.8 Å². The van der Waals surface area contributed by atoms with E-state index in [1.54, 1.807) is 29.2 Å². The Balaban J connectivity index is 1.76. The molecule has 1 aromatic rings. The third-order valence-corrected chi connectivity index (χ3v) is 4.10. The molecule has 0 saturated carbocycles. The monoisotopic (exact) mass is 344 g/mol. The lowest BCUT2D eigenvalue weighted by atomic mass is 10.2. The molecular weight excluding hydrogens is 320 g/mol. The van der Waals surface area contributed by atoms with Crippen molar-refractivity contribution in [3.63, 3.8) is 0 Å². The second-order valence-electron chi connectivity index (χ2n) is 5.88. The molecule has 0 aromatic heterocycles. The standard InChI is InChI=1S/C18H24N4O3/c1-15(23)22(17-4-2-16(14-19)3-5-17)8-6-18(24)20-7-9-21-10-12-25-13-11-21/h2-5H,6-13H2,1H3,(H,20,24). The summed E-state index contributed by atoms with van der Waals surface area (Å²) < 4.78 is 5.29. The van der Waals surface area contributed by atoms with Gasteiger partial charge in [0.25, 0.3) is 0 Å². The van der Waals surface area contributed by atoms with E-state index in [9.17, 15) is 9.59 Å². The van der Waals surface area contributed by atoms with Crippen molar-refractivity contribution in [1.29, 1.82) is 5.26 Å². The van der Waals surface area contributed by atoms with E-state index in [0.29, 0.717) is 24.3 Å². The fraction of sp³-hybridized carbons (Fsp3) is 0.500. The van der Waals surface area contributed by atoms with Crippen molar-refractivity contribution in [3.05, 3.63) is 29.8 Å². The Labute approximate surface area is 148 Å². The van der Waals surface area contributed by atoms with Crippen LogP contribution in [0.2, 0.25) is 0 Å². The van der Waals surface area contributed by atoms with Crippen LogP contribution >= 0.6 is 0 Å². The molecule has 2 rings (SSSR count). The molecule has 1 aliphatic heterocycles. The summed E-state index contributed by atoms with van der Waals surface area (Å²) in [7, 11) is 0. The SMILES string of the molecule is CC(=O)N(CCC(=O)NCCN1CCOCC1)c1ccc(C#N)cc1. The third kappa shape index (κ3) is 6.18. The Morgan fingerprint density at radius 1 is 1.28 bits per heavy atom. The summed E-state index contributed by atoms with van der Waals surface area (Å²) in [6.45, 7) is 6.45. The minimum Gasteiger partial charge on any atom is -0.379 e. The van der Waals surface area contributed by atoms with Crippen molar-refractivity contribution in [2.75, 3.05) is 50.8 Å². The fourth-order valence-electron chi connectivity index (χ4n) is 2.66. The molecule has 0 atom stereocenters. The highest BCUT2D eigenvalue weighted by molar-refractivity contribution is 5.92. The lowest BCUT2D eigenvalue weighted by molar-refractivity contribution is -0.121. The number of nitrogens with zero attached hydrogens (tertiary/aromatic N) is 3. The Bertz CT molecular complexity index is 618. The van der Waals surface area contributed by atoms with E-state index in [-0.39, 0.29) is 18.2 Å². The Morgan fingerprint density at radius 3 is 2.56 bits per heavy atom. The number of hydrogen-bond donors (Lipinski definition) is 1. The zero-order chi connectivity index (χ0) is 18.1. The van der Waals surface area contributed by atoms with Gasteiger partial charge in [0.1, 0.15) is 0 Å². The second kappa shape index (κ2) is 9.77. The molecule has 7 nitrogen and oxygen atoms in total. The summed E-state index contributed by atoms with van der Waals surface area (Å²) in [6.07, 6.45) is 0.239. The molecule has 0 unspecified atom stereocenters. The number of morpholine rings is 1. The number of hydrogen-bond acceptors (Lipinski definition) is 5. The summed E-state index contributed by atoms with van der Waals surface area (Å²) in [6, 6.07) is 8.80. The van der Waals surface area contributed by atoms with Crippen LogP contribution in [-0.4, -0.2) is 62.7 Å². The average molecular weight is 344 g/mol. The number of ether oxygens (including phenoxy) is 1. The summed E-state index contributed by atoms with van der Waals surface area (Å²) in [5, 5.41) is 11.7. The van der Waals surface area contributed by atoms with Crippen LogP contribution in [0.5, 0.6) is 0 Å². The zero-order valence-corrected chi connectivity index (χ0v) is 14.5. The number of carbonyl (C=O) groups excluding carboxylic acids is 2. The van der Waals surface area contributed by atoms with E-state index in [2.05, 4.69) is 10.2 Å². The highest BCUT2D eigenvalue weighted by Crippen LogP contribution is 2.15. The maximum Gasteiger partial charge on any atom is 0.223 e. The van der Waals surface area contributed by atoms with Crippen molar-refractivity contribution in [2.24, 2.45) is 0 Å². The predicted molar refractivity (Wildman–Crippen MR) is 94.1 cm³/mol. The van der Waals surface area contributed by atoms with Gasteiger partial charge in [-0.05, 0) is 24.3 Å². The molecule has 1 saturated heterocycles. The van der Waals surface area contributed by atoms with Gasteiger partial charge in [0.15, 0.2) is 0 Å². The molecule has 134 valence electrons. The van der Waals surface area contributed by atoms with Crippen molar-refractivity contribution in [3.8, 4) is 6.07 Å². The summed E-state index contributed by atoms with van der Waals surface area (Å²) in [5.74, 6) is -0.209. The Morgan fingerprint density at radius 2 is 1.96 bits per heavy atom. The van der Waals surface area contributed by atoms with Crippen molar-refractivity contribution in [1.82, 2.24) is 10.2 Å². The number of nitriles is 1. The quantitative estimate of drug-likeness (QED) is 0.789. The first-order valence-corrected chi connectivity index (χ1v) is 8.45. The molecule has 0 aliphatic carbocycles. The van der Waals surface area contributed by atoms with Crippen LogP contribution in [0.4, 0.5) is 5.69 Å². The second-order valence-corrected chi connectivity index (χ2v) is 5.88. The highest BCUT2D eigenvalue weighted by atomic mass is 16.5. The van der Waals surface area contributed by atoms with E-state index in [1.807, 2.05) is 6.07 Å². The maximum atomic E-state index is 12.0. The number of rotatable bonds is 7. The van der Waals surface area contributed by atoms with E-state index in [1.165, 1.54) is 6.92 Å². The summed E-state index contributed by atoms with van der Waals surface area (Å²) in [5.41, 5.74) is 1.22. The topological polar surface area (TPSA) is 85.7 Å². The van der Waals surface area contributed by atoms with Gasteiger partial charge < -0.3 is 15.0 Å². The molecule has 0 spiro atoms. The third-order valence-electron chi connectivity index (χ3n) is 4.10. The molecule has 1 N–H and O–H groups in total. The zero-order valence-electron chi connectivity index (χ0n) is 14.5. The highest BCUT2D eigenvalue weighted by Gasteiger charge is 2.14. The van der Waals surface area contributed by atoms with Gasteiger partial charge in [-0.1, -0.05) is 0 Å². The van der Waals surface area contributed by atoms with Crippen molar-refractivity contribution < 1.29 is 14.3 Å². The molecule has 1 aliphatic rings. The summed E-state index contributed by atoms with van der Waals surface area (Å²) >= 11 is 0. The largest absolute Gasteiger partial charge is 0.379 e. The smallest absolute Gasteiger partial charge is 0.223 e. The van der Waals surface area contributed by atoms with Gasteiger partial charge in [0.05, 0.1) is 24.8 Å². The number of amides is 2. The molecule has 0 bridgehead atoms.